The van der Waals surface area contributed by atoms with Gasteiger partial charge in [0.1, 0.15) is 6.61 Å². The standard InChI is InChI=1S/C13H16ClNO3/c14-11-6-4-10(5-7-11)2-1-3-13(17)15-8-12(16)9-18-15/h4-7,12,16H,1-3,8-9H2/t12-/m0/s1. The molecule has 0 bridgehead atoms. The van der Waals surface area contributed by atoms with Gasteiger partial charge in [0.25, 0.3) is 0 Å². The second kappa shape index (κ2) is 6.18. The fraction of sp³-hybridized carbons (Fsp3) is 0.462. The summed E-state index contributed by atoms with van der Waals surface area (Å²) in [4.78, 5) is 16.8. The molecule has 1 N–H and O–H groups in total. The lowest BCUT2D eigenvalue weighted by Crippen LogP contribution is -2.28. The Morgan fingerprint density at radius 1 is 1.44 bits per heavy atom. The Kier molecular flexibility index (Phi) is 4.58. The summed E-state index contributed by atoms with van der Waals surface area (Å²) in [6, 6.07) is 7.61. The quantitative estimate of drug-likeness (QED) is 0.907. The van der Waals surface area contributed by atoms with Crippen molar-refractivity contribution in [1.82, 2.24) is 5.06 Å². The number of aryl methyl sites for hydroxylation is 1. The molecule has 18 heavy (non-hydrogen) atoms. The van der Waals surface area contributed by atoms with Gasteiger partial charge in [0.2, 0.25) is 5.91 Å². The average molecular weight is 270 g/mol. The van der Waals surface area contributed by atoms with Gasteiger partial charge in [0, 0.05) is 11.4 Å². The van der Waals surface area contributed by atoms with Gasteiger partial charge in [-0.3, -0.25) is 9.63 Å². The molecule has 1 amide bonds. The summed E-state index contributed by atoms with van der Waals surface area (Å²) in [7, 11) is 0. The Morgan fingerprint density at radius 2 is 2.17 bits per heavy atom. The van der Waals surface area contributed by atoms with Gasteiger partial charge in [-0.05, 0) is 30.5 Å². The van der Waals surface area contributed by atoms with Crippen LogP contribution in [0.3, 0.4) is 0 Å². The fourth-order valence-corrected chi connectivity index (χ4v) is 1.99. The van der Waals surface area contributed by atoms with E-state index < -0.39 is 6.10 Å². The number of aliphatic hydroxyl groups excluding tert-OH is 1. The summed E-state index contributed by atoms with van der Waals surface area (Å²) in [5.74, 6) is -0.0690. The first-order valence-electron chi connectivity index (χ1n) is 6.01. The fourth-order valence-electron chi connectivity index (χ4n) is 1.87. The van der Waals surface area contributed by atoms with Crippen molar-refractivity contribution in [3.63, 3.8) is 0 Å². The minimum absolute atomic E-state index is 0.0690. The van der Waals surface area contributed by atoms with Crippen LogP contribution >= 0.6 is 11.6 Å². The first kappa shape index (κ1) is 13.3. The van der Waals surface area contributed by atoms with E-state index in [0.29, 0.717) is 11.4 Å². The van der Waals surface area contributed by atoms with Crippen LogP contribution in [0, 0.1) is 0 Å². The molecule has 1 aromatic carbocycles. The third-order valence-corrected chi connectivity index (χ3v) is 3.10. The topological polar surface area (TPSA) is 49.8 Å². The van der Waals surface area contributed by atoms with E-state index >= 15 is 0 Å². The Labute approximate surface area is 111 Å². The highest BCUT2D eigenvalue weighted by atomic mass is 35.5. The number of amides is 1. The van der Waals surface area contributed by atoms with Gasteiger partial charge in [-0.1, -0.05) is 23.7 Å². The number of carbonyl (C=O) groups is 1. The summed E-state index contributed by atoms with van der Waals surface area (Å²) in [5, 5.41) is 11.2. The van der Waals surface area contributed by atoms with E-state index in [1.54, 1.807) is 0 Å². The first-order valence-corrected chi connectivity index (χ1v) is 6.39. The van der Waals surface area contributed by atoms with Crippen molar-refractivity contribution < 1.29 is 14.7 Å². The van der Waals surface area contributed by atoms with Crippen molar-refractivity contribution >= 4 is 17.5 Å². The van der Waals surface area contributed by atoms with Crippen LogP contribution in [0.2, 0.25) is 5.02 Å². The zero-order valence-corrected chi connectivity index (χ0v) is 10.8. The van der Waals surface area contributed by atoms with E-state index in [1.807, 2.05) is 24.3 Å². The normalized spacial score (nSPS) is 19.2. The van der Waals surface area contributed by atoms with Crippen LogP contribution in [-0.4, -0.2) is 35.3 Å². The number of carbonyl (C=O) groups excluding carboxylic acids is 1. The van der Waals surface area contributed by atoms with Crippen LogP contribution in [0.4, 0.5) is 0 Å². The van der Waals surface area contributed by atoms with Crippen molar-refractivity contribution in [2.75, 3.05) is 13.2 Å². The van der Waals surface area contributed by atoms with Crippen LogP contribution in [-0.2, 0) is 16.1 Å². The number of rotatable bonds is 4. The lowest BCUT2D eigenvalue weighted by Gasteiger charge is -2.13. The van der Waals surface area contributed by atoms with Gasteiger partial charge < -0.3 is 5.11 Å². The van der Waals surface area contributed by atoms with Crippen LogP contribution in [0.25, 0.3) is 0 Å². The molecule has 1 fully saturated rings. The molecule has 1 aliphatic heterocycles. The number of hydrogen-bond acceptors (Lipinski definition) is 3. The molecule has 2 rings (SSSR count). The monoisotopic (exact) mass is 269 g/mol. The van der Waals surface area contributed by atoms with Crippen LogP contribution < -0.4 is 0 Å². The highest BCUT2D eigenvalue weighted by Gasteiger charge is 2.25. The van der Waals surface area contributed by atoms with Crippen molar-refractivity contribution in [2.24, 2.45) is 0 Å². The second-order valence-electron chi connectivity index (χ2n) is 4.38. The molecular weight excluding hydrogens is 254 g/mol. The minimum Gasteiger partial charge on any atom is -0.389 e. The molecule has 4 nitrogen and oxygen atoms in total. The first-order chi connectivity index (χ1) is 8.65. The van der Waals surface area contributed by atoms with Gasteiger partial charge in [-0.25, -0.2) is 5.06 Å². The smallest absolute Gasteiger partial charge is 0.246 e. The number of aliphatic hydroxyl groups is 1. The lowest BCUT2D eigenvalue weighted by molar-refractivity contribution is -0.168. The Hall–Kier alpha value is -1.10. The number of β-amino-alcohol motifs (C(OH)–C–C–N with tert-alkyl or cyclic N) is 1. The summed E-state index contributed by atoms with van der Waals surface area (Å²) < 4.78 is 0. The van der Waals surface area contributed by atoms with E-state index in [2.05, 4.69) is 0 Å². The van der Waals surface area contributed by atoms with E-state index in [0.717, 1.165) is 18.4 Å². The summed E-state index contributed by atoms with van der Waals surface area (Å²) in [5.41, 5.74) is 1.16. The summed E-state index contributed by atoms with van der Waals surface area (Å²) >= 11 is 5.79. The molecule has 1 aliphatic rings. The molecule has 1 aromatic rings. The third kappa shape index (κ3) is 3.70. The molecule has 0 radical (unpaired) electrons. The minimum atomic E-state index is -0.551. The molecule has 98 valence electrons. The molecule has 0 aromatic heterocycles. The van der Waals surface area contributed by atoms with E-state index in [9.17, 15) is 9.90 Å². The third-order valence-electron chi connectivity index (χ3n) is 2.85. The van der Waals surface area contributed by atoms with Gasteiger partial charge >= 0.3 is 0 Å². The summed E-state index contributed by atoms with van der Waals surface area (Å²) in [6.45, 7) is 0.489. The number of halogens is 1. The zero-order chi connectivity index (χ0) is 13.0. The van der Waals surface area contributed by atoms with Crippen molar-refractivity contribution in [3.8, 4) is 0 Å². The predicted octanol–water partition coefficient (Wildman–Crippen LogP) is 1.80. The van der Waals surface area contributed by atoms with Gasteiger partial charge in [-0.15, -0.1) is 0 Å². The van der Waals surface area contributed by atoms with Crippen LogP contribution in [0.15, 0.2) is 24.3 Å². The highest BCUT2D eigenvalue weighted by Crippen LogP contribution is 2.13. The molecular formula is C13H16ClNO3. The lowest BCUT2D eigenvalue weighted by atomic mass is 10.1. The SMILES string of the molecule is O=C(CCCc1ccc(Cl)cc1)N1C[C@H](O)CO1. The van der Waals surface area contributed by atoms with E-state index in [4.69, 9.17) is 16.4 Å². The van der Waals surface area contributed by atoms with Crippen LogP contribution in [0.1, 0.15) is 18.4 Å². The largest absolute Gasteiger partial charge is 0.389 e. The average Bonchev–Trinajstić information content (AvgIpc) is 2.78. The molecule has 1 atom stereocenters. The van der Waals surface area contributed by atoms with E-state index in [-0.39, 0.29) is 19.1 Å². The predicted molar refractivity (Wildman–Crippen MR) is 68.1 cm³/mol. The molecule has 0 unspecified atom stereocenters. The van der Waals surface area contributed by atoms with Crippen molar-refractivity contribution in [1.29, 1.82) is 0 Å². The molecule has 1 saturated heterocycles. The molecule has 0 aliphatic carbocycles. The molecule has 1 heterocycles. The Morgan fingerprint density at radius 3 is 2.78 bits per heavy atom. The second-order valence-corrected chi connectivity index (χ2v) is 4.82. The maximum atomic E-state index is 11.7. The number of nitrogens with zero attached hydrogens (tertiary/aromatic N) is 1. The number of hydroxylamine groups is 2. The maximum Gasteiger partial charge on any atom is 0.246 e. The number of benzene rings is 1. The van der Waals surface area contributed by atoms with E-state index in [1.165, 1.54) is 5.06 Å². The zero-order valence-electron chi connectivity index (χ0n) is 10.0. The Bertz CT molecular complexity index is 407. The Balaban J connectivity index is 1.72. The maximum absolute atomic E-state index is 11.7. The van der Waals surface area contributed by atoms with Crippen molar-refractivity contribution in [2.45, 2.75) is 25.4 Å². The van der Waals surface area contributed by atoms with Gasteiger partial charge in [0.15, 0.2) is 0 Å². The highest BCUT2D eigenvalue weighted by molar-refractivity contribution is 6.30. The number of hydrogen-bond donors (Lipinski definition) is 1. The van der Waals surface area contributed by atoms with Gasteiger partial charge in [0.05, 0.1) is 12.6 Å². The van der Waals surface area contributed by atoms with Crippen molar-refractivity contribution in [3.05, 3.63) is 34.9 Å². The van der Waals surface area contributed by atoms with Crippen LogP contribution in [0.5, 0.6) is 0 Å². The van der Waals surface area contributed by atoms with Gasteiger partial charge in [-0.2, -0.15) is 0 Å². The molecule has 0 spiro atoms. The molecule has 0 saturated carbocycles. The molecule has 5 heteroatoms. The summed E-state index contributed by atoms with van der Waals surface area (Å²) in [6.07, 6.45) is 1.47.